The summed E-state index contributed by atoms with van der Waals surface area (Å²) in [6.45, 7) is 9.77. The van der Waals surface area contributed by atoms with Gasteiger partial charge in [-0.2, -0.15) is 0 Å². The molecule has 2 fully saturated rings. The van der Waals surface area contributed by atoms with Crippen LogP contribution in [0, 0.1) is 5.92 Å². The molecule has 3 nitrogen and oxygen atoms in total. The summed E-state index contributed by atoms with van der Waals surface area (Å²) in [5.74, 6) is 0.779. The number of hydrogen-bond acceptors (Lipinski definition) is 3. The van der Waals surface area contributed by atoms with Crippen molar-refractivity contribution in [3.63, 3.8) is 0 Å². The van der Waals surface area contributed by atoms with Gasteiger partial charge in [-0.1, -0.05) is 0 Å². The monoisotopic (exact) mass is 198 g/mol. The van der Waals surface area contributed by atoms with Crippen molar-refractivity contribution in [1.82, 2.24) is 10.6 Å². The Morgan fingerprint density at radius 2 is 2.14 bits per heavy atom. The van der Waals surface area contributed by atoms with Crippen molar-refractivity contribution in [3.8, 4) is 0 Å². The largest absolute Gasteiger partial charge is 0.354 e. The molecular formula is C11H22N2O. The summed E-state index contributed by atoms with van der Waals surface area (Å²) in [5.41, 5.74) is -0.0963. The maximum absolute atomic E-state index is 6.06. The zero-order valence-electron chi connectivity index (χ0n) is 9.52. The lowest BCUT2D eigenvalue weighted by atomic mass is 9.98. The summed E-state index contributed by atoms with van der Waals surface area (Å²) in [7, 11) is 0. The molecule has 2 aliphatic heterocycles. The lowest BCUT2D eigenvalue weighted by molar-refractivity contribution is -0.0898. The molecule has 0 aromatic heterocycles. The molecular weight excluding hydrogens is 176 g/mol. The molecule has 2 saturated heterocycles. The summed E-state index contributed by atoms with van der Waals surface area (Å²) >= 11 is 0. The smallest absolute Gasteiger partial charge is 0.117 e. The molecule has 0 spiro atoms. The van der Waals surface area contributed by atoms with Crippen molar-refractivity contribution in [2.24, 2.45) is 5.92 Å². The number of ether oxygens (including phenoxy) is 1. The predicted octanol–water partition coefficient (Wildman–Crippen LogP) is 1.10. The third-order valence-corrected chi connectivity index (χ3v) is 3.23. The maximum atomic E-state index is 6.06. The van der Waals surface area contributed by atoms with Gasteiger partial charge in [-0.3, -0.25) is 5.32 Å². The van der Waals surface area contributed by atoms with E-state index in [9.17, 15) is 0 Å². The molecule has 2 aliphatic rings. The molecule has 0 radical (unpaired) electrons. The molecule has 2 N–H and O–H groups in total. The normalized spacial score (nSPS) is 41.8. The van der Waals surface area contributed by atoms with Crippen molar-refractivity contribution in [2.45, 2.75) is 44.9 Å². The second kappa shape index (κ2) is 3.47. The van der Waals surface area contributed by atoms with Crippen LogP contribution in [0.2, 0.25) is 0 Å². The van der Waals surface area contributed by atoms with Gasteiger partial charge >= 0.3 is 0 Å². The van der Waals surface area contributed by atoms with E-state index in [0.717, 1.165) is 25.4 Å². The lowest BCUT2D eigenvalue weighted by Gasteiger charge is -2.29. The van der Waals surface area contributed by atoms with E-state index < -0.39 is 0 Å². The number of nitrogens with one attached hydrogen (secondary N) is 2. The Hall–Kier alpha value is -0.120. The highest BCUT2D eigenvalue weighted by molar-refractivity contribution is 4.91. The minimum atomic E-state index is -0.0970. The molecule has 0 bridgehead atoms. The molecule has 2 unspecified atom stereocenters. The molecule has 2 rings (SSSR count). The van der Waals surface area contributed by atoms with E-state index in [1.165, 1.54) is 13.0 Å². The van der Waals surface area contributed by atoms with Gasteiger partial charge in [-0.25, -0.2) is 0 Å². The van der Waals surface area contributed by atoms with Gasteiger partial charge in [-0.05, 0) is 52.6 Å². The van der Waals surface area contributed by atoms with E-state index in [0.29, 0.717) is 0 Å². The first-order valence-electron chi connectivity index (χ1n) is 5.65. The fourth-order valence-electron chi connectivity index (χ4n) is 2.64. The third-order valence-electron chi connectivity index (χ3n) is 3.23. The van der Waals surface area contributed by atoms with Crippen LogP contribution < -0.4 is 10.6 Å². The molecule has 0 aliphatic carbocycles. The Balaban J connectivity index is 1.90. The fraction of sp³-hybridized carbons (Fsp3) is 1.00. The van der Waals surface area contributed by atoms with Crippen LogP contribution >= 0.6 is 0 Å². The SMILES string of the molecule is CC1(C)CNC(C)(CC2CCNC2)O1. The minimum Gasteiger partial charge on any atom is -0.354 e. The van der Waals surface area contributed by atoms with Crippen LogP contribution in [0.3, 0.4) is 0 Å². The fourth-order valence-corrected chi connectivity index (χ4v) is 2.64. The molecule has 3 heteroatoms. The predicted molar refractivity (Wildman–Crippen MR) is 57.2 cm³/mol. The van der Waals surface area contributed by atoms with Gasteiger partial charge in [-0.15, -0.1) is 0 Å². The van der Waals surface area contributed by atoms with Gasteiger partial charge in [0.15, 0.2) is 0 Å². The van der Waals surface area contributed by atoms with Gasteiger partial charge < -0.3 is 10.1 Å². The molecule has 82 valence electrons. The van der Waals surface area contributed by atoms with Crippen molar-refractivity contribution in [1.29, 1.82) is 0 Å². The Labute approximate surface area is 86.6 Å². The van der Waals surface area contributed by atoms with Crippen LogP contribution in [0.5, 0.6) is 0 Å². The average Bonchev–Trinajstić information content (AvgIpc) is 2.60. The highest BCUT2D eigenvalue weighted by Gasteiger charge is 2.41. The summed E-state index contributed by atoms with van der Waals surface area (Å²) < 4.78 is 6.06. The second-order valence-corrected chi connectivity index (χ2v) is 5.51. The molecule has 0 saturated carbocycles. The van der Waals surface area contributed by atoms with E-state index in [-0.39, 0.29) is 11.3 Å². The molecule has 0 aromatic carbocycles. The molecule has 2 atom stereocenters. The average molecular weight is 198 g/mol. The summed E-state index contributed by atoms with van der Waals surface area (Å²) in [6, 6.07) is 0. The van der Waals surface area contributed by atoms with Crippen LogP contribution in [-0.4, -0.2) is 31.0 Å². The Morgan fingerprint density at radius 3 is 2.64 bits per heavy atom. The van der Waals surface area contributed by atoms with E-state index in [4.69, 9.17) is 4.74 Å². The number of rotatable bonds is 2. The van der Waals surface area contributed by atoms with Crippen LogP contribution in [0.4, 0.5) is 0 Å². The first-order chi connectivity index (χ1) is 6.49. The highest BCUT2D eigenvalue weighted by atomic mass is 16.5. The van der Waals surface area contributed by atoms with E-state index in [1.54, 1.807) is 0 Å². The zero-order valence-corrected chi connectivity index (χ0v) is 9.52. The lowest BCUT2D eigenvalue weighted by Crippen LogP contribution is -2.40. The quantitative estimate of drug-likeness (QED) is 0.697. The maximum Gasteiger partial charge on any atom is 0.117 e. The zero-order chi connectivity index (χ0) is 10.2. The highest BCUT2D eigenvalue weighted by Crippen LogP contribution is 2.31. The van der Waals surface area contributed by atoms with Crippen molar-refractivity contribution < 1.29 is 4.74 Å². The second-order valence-electron chi connectivity index (χ2n) is 5.51. The standard InChI is InChI=1S/C11H22N2O/c1-10(2)8-13-11(3,14-10)6-9-4-5-12-7-9/h9,12-13H,4-8H2,1-3H3. The molecule has 0 aromatic rings. The summed E-state index contributed by atoms with van der Waals surface area (Å²) in [6.07, 6.45) is 2.42. The van der Waals surface area contributed by atoms with Crippen LogP contribution in [0.25, 0.3) is 0 Å². The third kappa shape index (κ3) is 2.27. The van der Waals surface area contributed by atoms with Crippen molar-refractivity contribution >= 4 is 0 Å². The molecule has 0 amide bonds. The summed E-state index contributed by atoms with van der Waals surface area (Å²) in [4.78, 5) is 0. The first-order valence-corrected chi connectivity index (χ1v) is 5.65. The van der Waals surface area contributed by atoms with Gasteiger partial charge in [0.05, 0.1) is 5.60 Å². The van der Waals surface area contributed by atoms with E-state index in [1.807, 2.05) is 0 Å². The Bertz CT molecular complexity index is 211. The van der Waals surface area contributed by atoms with Crippen molar-refractivity contribution in [2.75, 3.05) is 19.6 Å². The van der Waals surface area contributed by atoms with Crippen LogP contribution in [0.15, 0.2) is 0 Å². The minimum absolute atomic E-state index is 0.000777. The van der Waals surface area contributed by atoms with Crippen LogP contribution in [-0.2, 0) is 4.74 Å². The topological polar surface area (TPSA) is 33.3 Å². The Morgan fingerprint density at radius 1 is 1.36 bits per heavy atom. The van der Waals surface area contributed by atoms with Gasteiger partial charge in [0.1, 0.15) is 5.72 Å². The summed E-state index contributed by atoms with van der Waals surface area (Å²) in [5, 5.41) is 6.90. The molecule has 14 heavy (non-hydrogen) atoms. The van der Waals surface area contributed by atoms with Gasteiger partial charge in [0.25, 0.3) is 0 Å². The Kier molecular flexibility index (Phi) is 2.58. The first kappa shape index (κ1) is 10.4. The number of hydrogen-bond donors (Lipinski definition) is 2. The van der Waals surface area contributed by atoms with Crippen LogP contribution in [0.1, 0.15) is 33.6 Å². The van der Waals surface area contributed by atoms with E-state index in [2.05, 4.69) is 31.4 Å². The molecule has 2 heterocycles. The van der Waals surface area contributed by atoms with Gasteiger partial charge in [0.2, 0.25) is 0 Å². The van der Waals surface area contributed by atoms with Crippen molar-refractivity contribution in [3.05, 3.63) is 0 Å². The van der Waals surface area contributed by atoms with E-state index >= 15 is 0 Å². The van der Waals surface area contributed by atoms with Gasteiger partial charge in [0, 0.05) is 6.54 Å².